The Kier molecular flexibility index (Phi) is 5.04. The number of nitrogen functional groups attached to an aromatic ring is 1. The minimum atomic E-state index is 0.000417. The molecule has 0 saturated heterocycles. The number of halogens is 1. The highest BCUT2D eigenvalue weighted by atomic mass is 127. The van der Waals surface area contributed by atoms with Gasteiger partial charge in [-0.2, -0.15) is 0 Å². The van der Waals surface area contributed by atoms with Crippen molar-refractivity contribution in [2.24, 2.45) is 0 Å². The first-order chi connectivity index (χ1) is 7.90. The van der Waals surface area contributed by atoms with Crippen LogP contribution in [-0.2, 0) is 4.79 Å². The molecule has 5 heteroatoms. The fraction of sp³-hybridized carbons (Fsp3) is 0.417. The van der Waals surface area contributed by atoms with Crippen LogP contribution in [0.4, 0.5) is 11.4 Å². The Labute approximate surface area is 116 Å². The maximum absolute atomic E-state index is 11.6. The molecule has 1 rings (SSSR count). The molecule has 0 fully saturated rings. The van der Waals surface area contributed by atoms with E-state index in [-0.39, 0.29) is 11.9 Å². The van der Waals surface area contributed by atoms with Gasteiger partial charge in [0.15, 0.2) is 0 Å². The number of hydrogen-bond donors (Lipinski definition) is 2. The number of benzene rings is 1. The highest BCUT2D eigenvalue weighted by Gasteiger charge is 2.10. The van der Waals surface area contributed by atoms with Crippen LogP contribution < -0.4 is 16.0 Å². The van der Waals surface area contributed by atoms with E-state index in [1.54, 1.807) is 0 Å². The molecule has 0 aliphatic rings. The number of nitrogens with two attached hydrogens (primary N) is 1. The van der Waals surface area contributed by atoms with E-state index in [9.17, 15) is 4.79 Å². The molecule has 0 bridgehead atoms. The second-order valence-electron chi connectivity index (χ2n) is 4.28. The lowest BCUT2D eigenvalue weighted by atomic mass is 10.2. The molecule has 0 aliphatic heterocycles. The molecule has 1 aromatic rings. The number of amides is 1. The van der Waals surface area contributed by atoms with Gasteiger partial charge in [0.1, 0.15) is 0 Å². The van der Waals surface area contributed by atoms with Crippen LogP contribution in [0, 0.1) is 3.57 Å². The molecule has 0 atom stereocenters. The van der Waals surface area contributed by atoms with Crippen LogP contribution in [0.25, 0.3) is 0 Å². The van der Waals surface area contributed by atoms with Gasteiger partial charge in [-0.1, -0.05) is 0 Å². The number of anilines is 2. The molecule has 1 amide bonds. The second kappa shape index (κ2) is 6.09. The maximum atomic E-state index is 11.6. The van der Waals surface area contributed by atoms with E-state index in [2.05, 4.69) is 27.9 Å². The highest BCUT2D eigenvalue weighted by Crippen LogP contribution is 2.23. The molecule has 94 valence electrons. The average molecular weight is 347 g/mol. The van der Waals surface area contributed by atoms with Crippen molar-refractivity contribution in [3.05, 3.63) is 21.8 Å². The number of carbonyl (C=O) groups is 1. The van der Waals surface area contributed by atoms with E-state index in [0.29, 0.717) is 12.2 Å². The molecule has 1 aromatic carbocycles. The molecule has 0 unspecified atom stereocenters. The number of likely N-dealkylation sites (N-methyl/N-ethyl adjacent to an activating group) is 1. The topological polar surface area (TPSA) is 58.4 Å². The first-order valence-corrected chi connectivity index (χ1v) is 6.53. The van der Waals surface area contributed by atoms with Crippen molar-refractivity contribution in [3.63, 3.8) is 0 Å². The van der Waals surface area contributed by atoms with E-state index >= 15 is 0 Å². The summed E-state index contributed by atoms with van der Waals surface area (Å²) in [6.45, 7) is 4.19. The summed E-state index contributed by atoms with van der Waals surface area (Å²) in [5.74, 6) is 0.000417. The van der Waals surface area contributed by atoms with Gasteiger partial charge in [0.2, 0.25) is 5.91 Å². The lowest BCUT2D eigenvalue weighted by Gasteiger charge is -2.21. The molecule has 0 aliphatic carbocycles. The molecule has 0 aromatic heterocycles. The molecule has 0 saturated carbocycles. The third-order valence-electron chi connectivity index (χ3n) is 2.23. The van der Waals surface area contributed by atoms with Crippen molar-refractivity contribution in [2.75, 3.05) is 24.2 Å². The quantitative estimate of drug-likeness (QED) is 0.646. The minimum Gasteiger partial charge on any atom is -0.397 e. The van der Waals surface area contributed by atoms with Gasteiger partial charge in [-0.15, -0.1) is 0 Å². The maximum Gasteiger partial charge on any atom is 0.239 e. The van der Waals surface area contributed by atoms with Crippen molar-refractivity contribution < 1.29 is 4.79 Å². The van der Waals surface area contributed by atoms with Gasteiger partial charge in [-0.25, -0.2) is 0 Å². The van der Waals surface area contributed by atoms with Gasteiger partial charge >= 0.3 is 0 Å². The first-order valence-electron chi connectivity index (χ1n) is 5.45. The lowest BCUT2D eigenvalue weighted by molar-refractivity contribution is -0.120. The molecule has 0 spiro atoms. The smallest absolute Gasteiger partial charge is 0.239 e. The minimum absolute atomic E-state index is 0.000417. The number of rotatable bonds is 4. The first kappa shape index (κ1) is 14.1. The summed E-state index contributed by atoms with van der Waals surface area (Å²) in [5, 5.41) is 2.85. The molecule has 0 radical (unpaired) electrons. The number of carbonyl (C=O) groups excluding carboxylic acids is 1. The van der Waals surface area contributed by atoms with Crippen molar-refractivity contribution in [1.29, 1.82) is 0 Å². The van der Waals surface area contributed by atoms with Crippen molar-refractivity contribution >= 4 is 39.9 Å². The fourth-order valence-electron chi connectivity index (χ4n) is 1.54. The van der Waals surface area contributed by atoms with E-state index in [1.807, 2.05) is 44.0 Å². The number of hydrogen-bond acceptors (Lipinski definition) is 3. The summed E-state index contributed by atoms with van der Waals surface area (Å²) >= 11 is 2.21. The van der Waals surface area contributed by atoms with Crippen LogP contribution in [0.2, 0.25) is 0 Å². The molecular weight excluding hydrogens is 329 g/mol. The van der Waals surface area contributed by atoms with E-state index in [4.69, 9.17) is 5.73 Å². The van der Waals surface area contributed by atoms with Crippen LogP contribution in [0.1, 0.15) is 13.8 Å². The van der Waals surface area contributed by atoms with Crippen LogP contribution >= 0.6 is 22.6 Å². The molecular formula is C12H18IN3O. The Hall–Kier alpha value is -0.980. The Balaban J connectivity index is 2.69. The SMILES string of the molecule is CC(C)NC(=O)CN(C)c1ccc(I)cc1N. The summed E-state index contributed by atoms with van der Waals surface area (Å²) in [6, 6.07) is 5.96. The van der Waals surface area contributed by atoms with Crippen LogP contribution in [0.3, 0.4) is 0 Å². The predicted molar refractivity (Wildman–Crippen MR) is 80.1 cm³/mol. The van der Waals surface area contributed by atoms with Gasteiger partial charge in [0.05, 0.1) is 17.9 Å². The Morgan fingerprint density at radius 1 is 1.53 bits per heavy atom. The van der Waals surface area contributed by atoms with E-state index in [1.165, 1.54) is 0 Å². The van der Waals surface area contributed by atoms with Gasteiger partial charge in [0.25, 0.3) is 0 Å². The van der Waals surface area contributed by atoms with E-state index in [0.717, 1.165) is 9.26 Å². The monoisotopic (exact) mass is 347 g/mol. The third kappa shape index (κ3) is 4.41. The zero-order chi connectivity index (χ0) is 13.0. The molecule has 4 nitrogen and oxygen atoms in total. The van der Waals surface area contributed by atoms with Gasteiger partial charge in [-0.05, 0) is 54.6 Å². The summed E-state index contributed by atoms with van der Waals surface area (Å²) < 4.78 is 1.09. The third-order valence-corrected chi connectivity index (χ3v) is 2.90. The second-order valence-corrected chi connectivity index (χ2v) is 5.53. The molecule has 0 heterocycles. The number of nitrogens with zero attached hydrogens (tertiary/aromatic N) is 1. The van der Waals surface area contributed by atoms with Gasteiger partial charge in [-0.3, -0.25) is 4.79 Å². The Morgan fingerprint density at radius 2 is 2.18 bits per heavy atom. The normalized spacial score (nSPS) is 10.4. The highest BCUT2D eigenvalue weighted by molar-refractivity contribution is 14.1. The van der Waals surface area contributed by atoms with Crippen molar-refractivity contribution in [1.82, 2.24) is 5.32 Å². The van der Waals surface area contributed by atoms with E-state index < -0.39 is 0 Å². The summed E-state index contributed by atoms with van der Waals surface area (Å²) in [5.41, 5.74) is 7.49. The Bertz CT molecular complexity index is 407. The molecule has 3 N–H and O–H groups in total. The fourth-order valence-corrected chi connectivity index (χ4v) is 2.06. The zero-order valence-corrected chi connectivity index (χ0v) is 12.5. The van der Waals surface area contributed by atoms with Crippen molar-refractivity contribution in [2.45, 2.75) is 19.9 Å². The van der Waals surface area contributed by atoms with Crippen molar-refractivity contribution in [3.8, 4) is 0 Å². The van der Waals surface area contributed by atoms with Crippen LogP contribution in [0.15, 0.2) is 18.2 Å². The summed E-state index contributed by atoms with van der Waals surface area (Å²) in [7, 11) is 1.86. The van der Waals surface area contributed by atoms with Crippen LogP contribution in [0.5, 0.6) is 0 Å². The molecule has 17 heavy (non-hydrogen) atoms. The van der Waals surface area contributed by atoms with Gasteiger partial charge in [0, 0.05) is 16.7 Å². The zero-order valence-electron chi connectivity index (χ0n) is 10.3. The average Bonchev–Trinajstić information content (AvgIpc) is 2.15. The van der Waals surface area contributed by atoms with Crippen LogP contribution in [-0.4, -0.2) is 25.5 Å². The van der Waals surface area contributed by atoms with Gasteiger partial charge < -0.3 is 16.0 Å². The summed E-state index contributed by atoms with van der Waals surface area (Å²) in [6.07, 6.45) is 0. The predicted octanol–water partition coefficient (Wildman–Crippen LogP) is 1.83. The Morgan fingerprint density at radius 3 is 2.71 bits per heavy atom. The number of nitrogens with one attached hydrogen (secondary N) is 1. The standard InChI is InChI=1S/C12H18IN3O/c1-8(2)15-12(17)7-16(3)11-5-4-9(13)6-10(11)14/h4-6,8H,7,14H2,1-3H3,(H,15,17). The lowest BCUT2D eigenvalue weighted by Crippen LogP contribution is -2.38. The summed E-state index contributed by atoms with van der Waals surface area (Å²) in [4.78, 5) is 13.5. The largest absolute Gasteiger partial charge is 0.397 e.